The smallest absolute Gasteiger partial charge is 0.251 e. The van der Waals surface area contributed by atoms with Crippen molar-refractivity contribution in [1.82, 2.24) is 10.2 Å². The Bertz CT molecular complexity index is 709. The van der Waals surface area contributed by atoms with Gasteiger partial charge in [-0.05, 0) is 43.4 Å². The fraction of sp³-hybridized carbons (Fsp3) is 0.263. The van der Waals surface area contributed by atoms with Gasteiger partial charge < -0.3 is 15.5 Å². The molecule has 0 aliphatic carbocycles. The van der Waals surface area contributed by atoms with Gasteiger partial charge in [0.05, 0.1) is 0 Å². The molecule has 0 saturated heterocycles. The topological polar surface area (TPSA) is 61.4 Å². The first-order valence-electron chi connectivity index (χ1n) is 7.82. The van der Waals surface area contributed by atoms with Crippen molar-refractivity contribution in [1.29, 1.82) is 0 Å². The van der Waals surface area contributed by atoms with Crippen LogP contribution in [-0.2, 0) is 17.9 Å². The van der Waals surface area contributed by atoms with Crippen LogP contribution in [0.4, 0.5) is 5.69 Å². The second kappa shape index (κ2) is 8.26. The van der Waals surface area contributed by atoms with Crippen LogP contribution in [0.3, 0.4) is 0 Å². The summed E-state index contributed by atoms with van der Waals surface area (Å²) in [6.07, 6.45) is 0. The van der Waals surface area contributed by atoms with Crippen molar-refractivity contribution in [2.75, 3.05) is 19.4 Å². The molecular formula is C19H23N3O2. The standard InChI is InChI=1S/C19H23N3O2/c1-14(23)21-18-6-4-5-17(11-18)19(24)20-12-15-7-9-16(10-8-15)13-22(2)3/h4-11H,12-13H2,1-3H3,(H,20,24)(H,21,23). The first-order valence-corrected chi connectivity index (χ1v) is 7.82. The second-order valence-corrected chi connectivity index (χ2v) is 6.00. The van der Waals surface area contributed by atoms with E-state index in [-0.39, 0.29) is 11.8 Å². The van der Waals surface area contributed by atoms with E-state index in [1.807, 2.05) is 26.2 Å². The maximum absolute atomic E-state index is 12.2. The number of hydrogen-bond acceptors (Lipinski definition) is 3. The SMILES string of the molecule is CC(=O)Nc1cccc(C(=O)NCc2ccc(CN(C)C)cc2)c1. The van der Waals surface area contributed by atoms with Gasteiger partial charge >= 0.3 is 0 Å². The molecule has 0 aromatic heterocycles. The van der Waals surface area contributed by atoms with Gasteiger partial charge in [0.2, 0.25) is 5.91 Å². The van der Waals surface area contributed by atoms with E-state index in [0.29, 0.717) is 17.8 Å². The minimum absolute atomic E-state index is 0.162. The molecule has 5 nitrogen and oxygen atoms in total. The fourth-order valence-corrected chi connectivity index (χ4v) is 2.35. The zero-order valence-electron chi connectivity index (χ0n) is 14.3. The van der Waals surface area contributed by atoms with Crippen molar-refractivity contribution < 1.29 is 9.59 Å². The van der Waals surface area contributed by atoms with E-state index in [1.54, 1.807) is 24.3 Å². The van der Waals surface area contributed by atoms with E-state index in [0.717, 1.165) is 12.1 Å². The first-order chi connectivity index (χ1) is 11.4. The lowest BCUT2D eigenvalue weighted by Crippen LogP contribution is -2.23. The van der Waals surface area contributed by atoms with E-state index in [9.17, 15) is 9.59 Å². The second-order valence-electron chi connectivity index (χ2n) is 6.00. The number of nitrogens with one attached hydrogen (secondary N) is 2. The van der Waals surface area contributed by atoms with Crippen LogP contribution in [0.1, 0.15) is 28.4 Å². The summed E-state index contributed by atoms with van der Waals surface area (Å²) >= 11 is 0. The molecule has 2 amide bonds. The van der Waals surface area contributed by atoms with Gasteiger partial charge in [0, 0.05) is 31.3 Å². The number of anilines is 1. The molecule has 0 saturated carbocycles. The van der Waals surface area contributed by atoms with Crippen LogP contribution < -0.4 is 10.6 Å². The zero-order chi connectivity index (χ0) is 17.5. The average Bonchev–Trinajstić information content (AvgIpc) is 2.53. The van der Waals surface area contributed by atoms with Gasteiger partial charge in [-0.15, -0.1) is 0 Å². The molecule has 2 rings (SSSR count). The zero-order valence-corrected chi connectivity index (χ0v) is 14.3. The third-order valence-electron chi connectivity index (χ3n) is 3.42. The minimum Gasteiger partial charge on any atom is -0.348 e. The van der Waals surface area contributed by atoms with Gasteiger partial charge in [-0.3, -0.25) is 9.59 Å². The van der Waals surface area contributed by atoms with Crippen LogP contribution in [0.25, 0.3) is 0 Å². The molecule has 0 fully saturated rings. The van der Waals surface area contributed by atoms with Crippen molar-refractivity contribution in [3.05, 3.63) is 65.2 Å². The van der Waals surface area contributed by atoms with Gasteiger partial charge in [0.1, 0.15) is 0 Å². The minimum atomic E-state index is -0.167. The number of carbonyl (C=O) groups excluding carboxylic acids is 2. The Labute approximate surface area is 142 Å². The lowest BCUT2D eigenvalue weighted by Gasteiger charge is -2.11. The van der Waals surface area contributed by atoms with Crippen molar-refractivity contribution >= 4 is 17.5 Å². The predicted octanol–water partition coefficient (Wildman–Crippen LogP) is 2.64. The van der Waals surface area contributed by atoms with Gasteiger partial charge in [-0.25, -0.2) is 0 Å². The fourth-order valence-electron chi connectivity index (χ4n) is 2.35. The molecule has 0 aliphatic rings. The van der Waals surface area contributed by atoms with Crippen molar-refractivity contribution in [3.63, 3.8) is 0 Å². The summed E-state index contributed by atoms with van der Waals surface area (Å²) in [5, 5.41) is 5.57. The molecule has 0 bridgehead atoms. The van der Waals surface area contributed by atoms with Crippen molar-refractivity contribution in [3.8, 4) is 0 Å². The van der Waals surface area contributed by atoms with Crippen LogP contribution in [-0.4, -0.2) is 30.8 Å². The van der Waals surface area contributed by atoms with Crippen LogP contribution in [0.2, 0.25) is 0 Å². The summed E-state index contributed by atoms with van der Waals surface area (Å²) in [5.74, 6) is -0.329. The molecule has 0 aliphatic heterocycles. The molecule has 0 spiro atoms. The number of rotatable bonds is 6. The summed E-state index contributed by atoms with van der Waals surface area (Å²) in [6.45, 7) is 2.79. The monoisotopic (exact) mass is 325 g/mol. The molecule has 0 radical (unpaired) electrons. The number of amides is 2. The Kier molecular flexibility index (Phi) is 6.09. The number of hydrogen-bond donors (Lipinski definition) is 2. The highest BCUT2D eigenvalue weighted by Gasteiger charge is 2.07. The Balaban J connectivity index is 1.94. The molecule has 24 heavy (non-hydrogen) atoms. The van der Waals surface area contributed by atoms with Gasteiger partial charge in [-0.2, -0.15) is 0 Å². The van der Waals surface area contributed by atoms with Crippen molar-refractivity contribution in [2.24, 2.45) is 0 Å². The predicted molar refractivity (Wildman–Crippen MR) is 95.7 cm³/mol. The molecule has 2 aromatic carbocycles. The third-order valence-corrected chi connectivity index (χ3v) is 3.42. The van der Waals surface area contributed by atoms with E-state index in [4.69, 9.17) is 0 Å². The van der Waals surface area contributed by atoms with E-state index in [1.165, 1.54) is 12.5 Å². The molecule has 2 N–H and O–H groups in total. The highest BCUT2D eigenvalue weighted by molar-refractivity contribution is 5.96. The summed E-state index contributed by atoms with van der Waals surface area (Å²) in [5.41, 5.74) is 3.41. The van der Waals surface area contributed by atoms with Crippen LogP contribution in [0, 0.1) is 0 Å². The van der Waals surface area contributed by atoms with Gasteiger partial charge in [0.15, 0.2) is 0 Å². The quantitative estimate of drug-likeness (QED) is 0.858. The molecule has 126 valence electrons. The van der Waals surface area contributed by atoms with E-state index in [2.05, 4.69) is 27.7 Å². The molecule has 2 aromatic rings. The molecule has 0 unspecified atom stereocenters. The Morgan fingerprint density at radius 1 is 1.00 bits per heavy atom. The van der Waals surface area contributed by atoms with E-state index < -0.39 is 0 Å². The highest BCUT2D eigenvalue weighted by Crippen LogP contribution is 2.11. The maximum atomic E-state index is 12.2. The summed E-state index contributed by atoms with van der Waals surface area (Å²) in [4.78, 5) is 25.4. The molecule has 0 atom stereocenters. The largest absolute Gasteiger partial charge is 0.348 e. The Morgan fingerprint density at radius 2 is 1.67 bits per heavy atom. The molecule has 0 heterocycles. The number of nitrogens with zero attached hydrogens (tertiary/aromatic N) is 1. The lowest BCUT2D eigenvalue weighted by molar-refractivity contribution is -0.114. The molecule has 5 heteroatoms. The Morgan fingerprint density at radius 3 is 2.29 bits per heavy atom. The summed E-state index contributed by atoms with van der Waals surface area (Å²) in [6, 6.07) is 15.1. The van der Waals surface area contributed by atoms with Crippen LogP contribution in [0.5, 0.6) is 0 Å². The van der Waals surface area contributed by atoms with Crippen LogP contribution in [0.15, 0.2) is 48.5 Å². The normalized spacial score (nSPS) is 10.5. The van der Waals surface area contributed by atoms with Crippen molar-refractivity contribution in [2.45, 2.75) is 20.0 Å². The summed E-state index contributed by atoms with van der Waals surface area (Å²) in [7, 11) is 4.06. The number of carbonyl (C=O) groups is 2. The third kappa shape index (κ3) is 5.52. The van der Waals surface area contributed by atoms with Gasteiger partial charge in [-0.1, -0.05) is 30.3 Å². The van der Waals surface area contributed by atoms with Gasteiger partial charge in [0.25, 0.3) is 5.91 Å². The first kappa shape index (κ1) is 17.7. The molecular weight excluding hydrogens is 302 g/mol. The lowest BCUT2D eigenvalue weighted by atomic mass is 10.1. The Hall–Kier alpha value is -2.66. The average molecular weight is 325 g/mol. The highest BCUT2D eigenvalue weighted by atomic mass is 16.2. The number of benzene rings is 2. The maximum Gasteiger partial charge on any atom is 0.251 e. The van der Waals surface area contributed by atoms with E-state index >= 15 is 0 Å². The van der Waals surface area contributed by atoms with Crippen LogP contribution >= 0.6 is 0 Å². The summed E-state index contributed by atoms with van der Waals surface area (Å²) < 4.78 is 0.